The molecule has 2 aromatic rings. The summed E-state index contributed by atoms with van der Waals surface area (Å²) in [7, 11) is 0. The molecule has 0 radical (unpaired) electrons. The fraction of sp³-hybridized carbons (Fsp3) is 0.429. The summed E-state index contributed by atoms with van der Waals surface area (Å²) in [5.41, 5.74) is 2.41. The maximum absolute atomic E-state index is 4.39. The summed E-state index contributed by atoms with van der Waals surface area (Å²) in [6, 6.07) is 8.54. The molecular formula is C14H18N4S. The molecule has 1 aliphatic heterocycles. The third kappa shape index (κ3) is 2.34. The Morgan fingerprint density at radius 1 is 1.05 bits per heavy atom. The highest BCUT2D eigenvalue weighted by molar-refractivity contribution is 7.98. The van der Waals surface area contributed by atoms with E-state index in [2.05, 4.69) is 50.9 Å². The molecule has 1 aromatic heterocycles. The number of hydrogen-bond donors (Lipinski definition) is 0. The van der Waals surface area contributed by atoms with Crippen molar-refractivity contribution >= 4 is 17.7 Å². The van der Waals surface area contributed by atoms with E-state index < -0.39 is 0 Å². The summed E-state index contributed by atoms with van der Waals surface area (Å²) >= 11 is 1.64. The number of anilines is 1. The van der Waals surface area contributed by atoms with Crippen molar-refractivity contribution in [1.82, 2.24) is 14.8 Å². The van der Waals surface area contributed by atoms with Crippen LogP contribution in [-0.4, -0.2) is 34.1 Å². The molecular weight excluding hydrogens is 256 g/mol. The first kappa shape index (κ1) is 12.5. The number of benzene rings is 1. The lowest BCUT2D eigenvalue weighted by Crippen LogP contribution is -2.21. The number of rotatable bonds is 3. The normalized spacial score (nSPS) is 15.2. The van der Waals surface area contributed by atoms with E-state index in [-0.39, 0.29) is 0 Å². The van der Waals surface area contributed by atoms with Crippen LogP contribution in [-0.2, 0) is 0 Å². The van der Waals surface area contributed by atoms with E-state index in [9.17, 15) is 0 Å². The van der Waals surface area contributed by atoms with Crippen molar-refractivity contribution in [3.63, 3.8) is 0 Å². The first-order valence-corrected chi connectivity index (χ1v) is 7.83. The highest BCUT2D eigenvalue weighted by Crippen LogP contribution is 2.27. The zero-order chi connectivity index (χ0) is 13.2. The van der Waals surface area contributed by atoms with Crippen molar-refractivity contribution in [2.75, 3.05) is 24.2 Å². The minimum Gasteiger partial charge on any atom is -0.341 e. The Hall–Kier alpha value is -1.49. The van der Waals surface area contributed by atoms with E-state index in [1.165, 1.54) is 18.4 Å². The molecule has 0 bridgehead atoms. The van der Waals surface area contributed by atoms with E-state index in [1.54, 1.807) is 11.8 Å². The Morgan fingerprint density at radius 2 is 1.74 bits per heavy atom. The molecule has 0 aliphatic carbocycles. The largest absolute Gasteiger partial charge is 0.341 e. The molecule has 1 fully saturated rings. The average Bonchev–Trinajstić information content (AvgIpc) is 3.08. The number of nitrogens with zero attached hydrogens (tertiary/aromatic N) is 4. The fourth-order valence-corrected chi connectivity index (χ4v) is 2.93. The maximum Gasteiger partial charge on any atom is 0.232 e. The van der Waals surface area contributed by atoms with Crippen molar-refractivity contribution in [2.45, 2.75) is 24.9 Å². The van der Waals surface area contributed by atoms with Gasteiger partial charge in [-0.05, 0) is 38.2 Å². The van der Waals surface area contributed by atoms with Gasteiger partial charge in [0.05, 0.1) is 5.69 Å². The predicted molar refractivity (Wildman–Crippen MR) is 79.3 cm³/mol. The van der Waals surface area contributed by atoms with Gasteiger partial charge in [0.25, 0.3) is 0 Å². The summed E-state index contributed by atoms with van der Waals surface area (Å²) in [5.74, 6) is 0.978. The van der Waals surface area contributed by atoms with Gasteiger partial charge in [0.1, 0.15) is 0 Å². The summed E-state index contributed by atoms with van der Waals surface area (Å²) < 4.78 is 2.16. The van der Waals surface area contributed by atoms with E-state index in [1.807, 2.05) is 6.26 Å². The third-order valence-corrected chi connectivity index (χ3v) is 4.11. The first-order valence-electron chi connectivity index (χ1n) is 6.61. The molecule has 0 saturated carbocycles. The molecule has 1 saturated heterocycles. The molecule has 2 heterocycles. The van der Waals surface area contributed by atoms with Gasteiger partial charge in [0.2, 0.25) is 5.95 Å². The lowest BCUT2D eigenvalue weighted by atomic mass is 10.2. The fourth-order valence-electron chi connectivity index (χ4n) is 2.44. The Balaban J connectivity index is 2.06. The van der Waals surface area contributed by atoms with E-state index in [0.717, 1.165) is 29.9 Å². The van der Waals surface area contributed by atoms with Gasteiger partial charge in [-0.15, -0.1) is 10.2 Å². The Kier molecular flexibility index (Phi) is 3.46. The first-order chi connectivity index (χ1) is 9.29. The summed E-state index contributed by atoms with van der Waals surface area (Å²) in [6.07, 6.45) is 4.53. The van der Waals surface area contributed by atoms with Gasteiger partial charge in [-0.1, -0.05) is 29.5 Å². The maximum atomic E-state index is 4.39. The number of thioether (sulfide) groups is 1. The average molecular weight is 274 g/mol. The van der Waals surface area contributed by atoms with E-state index in [4.69, 9.17) is 0 Å². The Labute approximate surface area is 117 Å². The lowest BCUT2D eigenvalue weighted by Gasteiger charge is -2.18. The van der Waals surface area contributed by atoms with Crippen LogP contribution in [0.4, 0.5) is 5.95 Å². The summed E-state index contributed by atoms with van der Waals surface area (Å²) in [6.45, 7) is 4.27. The van der Waals surface area contributed by atoms with Crippen molar-refractivity contribution < 1.29 is 0 Å². The van der Waals surface area contributed by atoms with Crippen LogP contribution < -0.4 is 4.90 Å². The zero-order valence-corrected chi connectivity index (χ0v) is 12.2. The SMILES string of the molecule is CSc1nnc(N2CCCC2)n1-c1ccc(C)cc1. The van der Waals surface area contributed by atoms with Crippen LogP contribution in [0.5, 0.6) is 0 Å². The molecule has 0 spiro atoms. The van der Waals surface area contributed by atoms with Gasteiger partial charge in [0, 0.05) is 13.1 Å². The number of aryl methyl sites for hydroxylation is 1. The van der Waals surface area contributed by atoms with Gasteiger partial charge in [-0.2, -0.15) is 0 Å². The molecule has 4 nitrogen and oxygen atoms in total. The molecule has 0 atom stereocenters. The topological polar surface area (TPSA) is 34.0 Å². The van der Waals surface area contributed by atoms with Crippen LogP contribution in [0, 0.1) is 6.92 Å². The standard InChI is InChI=1S/C14H18N4S/c1-11-5-7-12(8-6-11)18-13(15-16-14(18)19-2)17-9-3-4-10-17/h5-8H,3-4,9-10H2,1-2H3. The van der Waals surface area contributed by atoms with Crippen LogP contribution in [0.1, 0.15) is 18.4 Å². The lowest BCUT2D eigenvalue weighted by molar-refractivity contribution is 0.842. The molecule has 0 unspecified atom stereocenters. The Morgan fingerprint density at radius 3 is 2.37 bits per heavy atom. The van der Waals surface area contributed by atoms with Crippen LogP contribution >= 0.6 is 11.8 Å². The summed E-state index contributed by atoms with van der Waals surface area (Å²) in [5, 5.41) is 9.65. The summed E-state index contributed by atoms with van der Waals surface area (Å²) in [4.78, 5) is 2.33. The van der Waals surface area contributed by atoms with Crippen molar-refractivity contribution in [2.24, 2.45) is 0 Å². The Bertz CT molecular complexity index is 555. The van der Waals surface area contributed by atoms with Gasteiger partial charge >= 0.3 is 0 Å². The second-order valence-electron chi connectivity index (χ2n) is 4.85. The zero-order valence-electron chi connectivity index (χ0n) is 11.3. The van der Waals surface area contributed by atoms with Gasteiger partial charge in [-0.3, -0.25) is 4.57 Å². The molecule has 19 heavy (non-hydrogen) atoms. The molecule has 0 amide bonds. The smallest absolute Gasteiger partial charge is 0.232 e. The van der Waals surface area contributed by atoms with Gasteiger partial charge in [-0.25, -0.2) is 0 Å². The molecule has 1 aliphatic rings. The second kappa shape index (κ2) is 5.25. The van der Waals surface area contributed by atoms with Crippen molar-refractivity contribution in [1.29, 1.82) is 0 Å². The molecule has 1 aromatic carbocycles. The van der Waals surface area contributed by atoms with E-state index >= 15 is 0 Å². The molecule has 3 rings (SSSR count). The predicted octanol–water partition coefficient (Wildman–Crippen LogP) is 2.90. The minimum atomic E-state index is 0.950. The third-order valence-electron chi connectivity index (χ3n) is 3.48. The van der Waals surface area contributed by atoms with Gasteiger partial charge in [0.15, 0.2) is 5.16 Å². The monoisotopic (exact) mass is 274 g/mol. The van der Waals surface area contributed by atoms with E-state index in [0.29, 0.717) is 0 Å². The van der Waals surface area contributed by atoms with Gasteiger partial charge < -0.3 is 4.90 Å². The van der Waals surface area contributed by atoms with Crippen LogP contribution in [0.2, 0.25) is 0 Å². The molecule has 0 N–H and O–H groups in total. The van der Waals surface area contributed by atoms with Crippen LogP contribution in [0.3, 0.4) is 0 Å². The van der Waals surface area contributed by atoms with Crippen molar-refractivity contribution in [3.05, 3.63) is 29.8 Å². The molecule has 100 valence electrons. The highest BCUT2D eigenvalue weighted by Gasteiger charge is 2.21. The minimum absolute atomic E-state index is 0.950. The molecule has 5 heteroatoms. The van der Waals surface area contributed by atoms with Crippen molar-refractivity contribution in [3.8, 4) is 5.69 Å². The quantitative estimate of drug-likeness (QED) is 0.806. The van der Waals surface area contributed by atoms with Crippen LogP contribution in [0.25, 0.3) is 5.69 Å². The van der Waals surface area contributed by atoms with Crippen LogP contribution in [0.15, 0.2) is 29.4 Å². The number of hydrogen-bond acceptors (Lipinski definition) is 4. The highest BCUT2D eigenvalue weighted by atomic mass is 32.2. The number of aromatic nitrogens is 3. The second-order valence-corrected chi connectivity index (χ2v) is 5.63.